The third kappa shape index (κ3) is 3.41. The highest BCUT2D eigenvalue weighted by Gasteiger charge is 2.12. The Labute approximate surface area is 145 Å². The quantitative estimate of drug-likeness (QED) is 0.431. The summed E-state index contributed by atoms with van der Waals surface area (Å²) < 4.78 is 5.55. The Balaban J connectivity index is 1.72. The topological polar surface area (TPSA) is 43.1 Å². The van der Waals surface area contributed by atoms with Gasteiger partial charge >= 0.3 is 0 Å². The van der Waals surface area contributed by atoms with E-state index >= 15 is 0 Å². The van der Waals surface area contributed by atoms with Crippen LogP contribution in [0.5, 0.6) is 0 Å². The van der Waals surface area contributed by atoms with Crippen molar-refractivity contribution >= 4 is 63.4 Å². The molecule has 0 bridgehead atoms. The van der Waals surface area contributed by atoms with E-state index < -0.39 is 0 Å². The summed E-state index contributed by atoms with van der Waals surface area (Å²) in [5, 5.41) is 1.78. The number of fused-ring (bicyclic) bond motifs is 1. The van der Waals surface area contributed by atoms with Crippen molar-refractivity contribution in [3.63, 3.8) is 0 Å². The van der Waals surface area contributed by atoms with Crippen LogP contribution in [0.15, 0.2) is 46.0 Å². The van der Waals surface area contributed by atoms with Gasteiger partial charge in [-0.15, -0.1) is 0 Å². The predicted molar refractivity (Wildman–Crippen MR) is 90.5 cm³/mol. The molecule has 0 unspecified atom stereocenters. The highest BCUT2D eigenvalue weighted by Crippen LogP contribution is 2.27. The molecule has 0 amide bonds. The first-order valence-electron chi connectivity index (χ1n) is 6.20. The molecular weight excluding hydrogens is 365 g/mol. The van der Waals surface area contributed by atoms with Gasteiger partial charge in [0.2, 0.25) is 0 Å². The fraction of sp³-hybridized carbons (Fsp3) is 0.0667. The van der Waals surface area contributed by atoms with Gasteiger partial charge < -0.3 is 4.42 Å². The van der Waals surface area contributed by atoms with E-state index in [2.05, 4.69) is 4.98 Å². The van der Waals surface area contributed by atoms with Crippen molar-refractivity contribution in [1.82, 2.24) is 4.98 Å². The average Bonchev–Trinajstić information content (AvgIpc) is 2.89. The van der Waals surface area contributed by atoms with Crippen LogP contribution in [-0.4, -0.2) is 16.5 Å². The van der Waals surface area contributed by atoms with Crippen molar-refractivity contribution < 1.29 is 9.21 Å². The minimum atomic E-state index is -0.0798. The molecule has 0 saturated carbocycles. The first kappa shape index (κ1) is 15.7. The fourth-order valence-corrected chi connectivity index (χ4v) is 3.02. The van der Waals surface area contributed by atoms with Crippen LogP contribution < -0.4 is 0 Å². The zero-order chi connectivity index (χ0) is 15.7. The summed E-state index contributed by atoms with van der Waals surface area (Å²) in [5.41, 5.74) is 1.80. The monoisotopic (exact) mass is 371 g/mol. The van der Waals surface area contributed by atoms with Gasteiger partial charge in [0.05, 0.1) is 15.8 Å². The zero-order valence-corrected chi connectivity index (χ0v) is 14.1. The molecule has 0 fully saturated rings. The molecule has 3 nitrogen and oxygen atoms in total. The van der Waals surface area contributed by atoms with E-state index in [1.54, 1.807) is 36.4 Å². The number of benzene rings is 2. The summed E-state index contributed by atoms with van der Waals surface area (Å²) in [6, 6.07) is 9.98. The van der Waals surface area contributed by atoms with Crippen molar-refractivity contribution in [3.8, 4) is 0 Å². The van der Waals surface area contributed by atoms with Crippen LogP contribution in [-0.2, 0) is 0 Å². The Morgan fingerprint density at radius 1 is 1.09 bits per heavy atom. The van der Waals surface area contributed by atoms with Gasteiger partial charge in [0, 0.05) is 10.6 Å². The van der Waals surface area contributed by atoms with Crippen molar-refractivity contribution in [3.05, 3.63) is 57.0 Å². The van der Waals surface area contributed by atoms with Gasteiger partial charge in [0.15, 0.2) is 11.4 Å². The number of ketones is 1. The molecule has 0 N–H and O–H groups in total. The number of nitrogens with zero attached hydrogens (tertiary/aromatic N) is 1. The smallest absolute Gasteiger partial charge is 0.257 e. The van der Waals surface area contributed by atoms with Crippen LogP contribution in [0.4, 0.5) is 0 Å². The number of rotatable bonds is 4. The van der Waals surface area contributed by atoms with Gasteiger partial charge in [0.1, 0.15) is 5.52 Å². The highest BCUT2D eigenvalue weighted by molar-refractivity contribution is 7.99. The van der Waals surface area contributed by atoms with Crippen molar-refractivity contribution in [2.24, 2.45) is 0 Å². The van der Waals surface area contributed by atoms with E-state index in [1.807, 2.05) is 0 Å². The molecule has 2 aromatic carbocycles. The Morgan fingerprint density at radius 3 is 2.68 bits per heavy atom. The Hall–Kier alpha value is -1.20. The van der Waals surface area contributed by atoms with E-state index in [4.69, 9.17) is 39.2 Å². The van der Waals surface area contributed by atoms with Crippen LogP contribution in [0, 0.1) is 0 Å². The number of hydrogen-bond donors (Lipinski definition) is 0. The standard InChI is InChI=1S/C15H8Cl3NO2S/c16-9-2-4-14-12(6-9)19-15(21-14)22-7-13(20)8-1-3-10(17)11(18)5-8/h1-6H,7H2. The van der Waals surface area contributed by atoms with Gasteiger partial charge in [-0.05, 0) is 36.4 Å². The molecule has 3 aromatic rings. The Kier molecular flexibility index (Phi) is 4.64. The maximum absolute atomic E-state index is 12.1. The molecule has 0 atom stereocenters. The largest absolute Gasteiger partial charge is 0.431 e. The summed E-state index contributed by atoms with van der Waals surface area (Å²) in [4.78, 5) is 16.4. The second-order valence-electron chi connectivity index (χ2n) is 4.43. The van der Waals surface area contributed by atoms with Crippen LogP contribution in [0.1, 0.15) is 10.4 Å². The molecule has 0 aliphatic rings. The summed E-state index contributed by atoms with van der Waals surface area (Å²) in [5.74, 6) is 0.113. The van der Waals surface area contributed by atoms with Crippen molar-refractivity contribution in [1.29, 1.82) is 0 Å². The van der Waals surface area contributed by atoms with E-state index in [9.17, 15) is 4.79 Å². The third-order valence-corrected chi connectivity index (χ3v) is 4.70. The molecule has 3 rings (SSSR count). The fourth-order valence-electron chi connectivity index (χ4n) is 1.82. The molecule has 0 radical (unpaired) electrons. The predicted octanol–water partition coefficient (Wildman–Crippen LogP) is 5.76. The second kappa shape index (κ2) is 6.50. The van der Waals surface area contributed by atoms with Crippen LogP contribution >= 0.6 is 46.6 Å². The lowest BCUT2D eigenvalue weighted by Crippen LogP contribution is -2.02. The maximum atomic E-state index is 12.1. The lowest BCUT2D eigenvalue weighted by Gasteiger charge is -2.01. The van der Waals surface area contributed by atoms with Gasteiger partial charge in [-0.3, -0.25) is 4.79 Å². The second-order valence-corrected chi connectivity index (χ2v) is 6.61. The molecule has 1 aromatic heterocycles. The van der Waals surface area contributed by atoms with E-state index in [0.717, 1.165) is 0 Å². The Bertz CT molecular complexity index is 863. The highest BCUT2D eigenvalue weighted by atomic mass is 35.5. The number of hydrogen-bond acceptors (Lipinski definition) is 4. The zero-order valence-electron chi connectivity index (χ0n) is 11.0. The van der Waals surface area contributed by atoms with Crippen LogP contribution in [0.3, 0.4) is 0 Å². The first-order valence-corrected chi connectivity index (χ1v) is 8.32. The number of carbonyl (C=O) groups is 1. The van der Waals surface area contributed by atoms with Crippen molar-refractivity contribution in [2.45, 2.75) is 5.22 Å². The first-order chi connectivity index (χ1) is 10.5. The van der Waals surface area contributed by atoms with Gasteiger partial charge in [-0.1, -0.05) is 46.6 Å². The number of halogens is 3. The lowest BCUT2D eigenvalue weighted by molar-refractivity contribution is 0.102. The number of thioether (sulfide) groups is 1. The molecule has 0 aliphatic heterocycles. The van der Waals surface area contributed by atoms with Gasteiger partial charge in [-0.2, -0.15) is 0 Å². The number of oxazole rings is 1. The van der Waals surface area contributed by atoms with E-state index in [0.29, 0.717) is 37.0 Å². The number of Topliss-reactive ketones (excluding diaryl/α,β-unsaturated/α-hetero) is 1. The van der Waals surface area contributed by atoms with E-state index in [-0.39, 0.29) is 11.5 Å². The summed E-state index contributed by atoms with van der Waals surface area (Å²) in [6.45, 7) is 0. The lowest BCUT2D eigenvalue weighted by atomic mass is 10.1. The van der Waals surface area contributed by atoms with Gasteiger partial charge in [-0.25, -0.2) is 4.98 Å². The summed E-state index contributed by atoms with van der Waals surface area (Å²) in [6.07, 6.45) is 0. The van der Waals surface area contributed by atoms with E-state index in [1.165, 1.54) is 11.8 Å². The molecule has 1 heterocycles. The molecule has 22 heavy (non-hydrogen) atoms. The molecule has 7 heteroatoms. The molecular formula is C15H8Cl3NO2S. The number of aromatic nitrogens is 1. The van der Waals surface area contributed by atoms with Gasteiger partial charge in [0.25, 0.3) is 5.22 Å². The van der Waals surface area contributed by atoms with Crippen molar-refractivity contribution in [2.75, 3.05) is 5.75 Å². The minimum Gasteiger partial charge on any atom is -0.431 e. The summed E-state index contributed by atoms with van der Waals surface area (Å²) in [7, 11) is 0. The van der Waals surface area contributed by atoms with Crippen LogP contribution in [0.2, 0.25) is 15.1 Å². The maximum Gasteiger partial charge on any atom is 0.257 e. The summed E-state index contributed by atoms with van der Waals surface area (Å²) >= 11 is 18.9. The van der Waals surface area contributed by atoms with Crippen LogP contribution in [0.25, 0.3) is 11.1 Å². The normalized spacial score (nSPS) is 11.0. The molecule has 0 aliphatic carbocycles. The average molecular weight is 373 g/mol. The third-order valence-electron chi connectivity index (χ3n) is 2.90. The minimum absolute atomic E-state index is 0.0798. The SMILES string of the molecule is O=C(CSc1nc2cc(Cl)ccc2o1)c1ccc(Cl)c(Cl)c1. The molecule has 0 saturated heterocycles. The Morgan fingerprint density at radius 2 is 1.91 bits per heavy atom. The number of carbonyl (C=O) groups excluding carboxylic acids is 1. The molecule has 112 valence electrons. The molecule has 0 spiro atoms.